The molecule has 2 aromatic carbocycles. The molecule has 0 amide bonds. The van der Waals surface area contributed by atoms with Gasteiger partial charge in [0.1, 0.15) is 12.2 Å². The number of carbonyl (C=O) groups excluding carboxylic acids is 3. The fourth-order valence-electron chi connectivity index (χ4n) is 2.27. The summed E-state index contributed by atoms with van der Waals surface area (Å²) < 4.78 is 9.91. The number of ketones is 1. The van der Waals surface area contributed by atoms with Crippen LogP contribution in [0.2, 0.25) is 0 Å². The summed E-state index contributed by atoms with van der Waals surface area (Å²) in [6, 6.07) is 15.6. The summed E-state index contributed by atoms with van der Waals surface area (Å²) in [5, 5.41) is 28.7. The molecule has 0 aliphatic rings. The fraction of sp³-hybridized carbons (Fsp3) is 0.250. The Labute approximate surface area is 161 Å². The topological polar surface area (TPSA) is 130 Å². The standard InChI is InChI=1S/C20H20O8/c21-11-15(22)17(24)18(28-20(26)14-9-5-2-6-10-14)16(23)12-27-19(25)13-7-3-1-4-8-13/h1-10,15,17-18,21-22,24H,11-12H2/t15-,17+,18+/m1/s1. The molecule has 0 radical (unpaired) electrons. The molecule has 0 fully saturated rings. The Kier molecular flexibility index (Phi) is 7.82. The number of carbonyl (C=O) groups is 3. The summed E-state index contributed by atoms with van der Waals surface area (Å²) >= 11 is 0. The zero-order chi connectivity index (χ0) is 20.5. The molecule has 3 atom stereocenters. The van der Waals surface area contributed by atoms with Crippen LogP contribution in [-0.4, -0.2) is 64.6 Å². The van der Waals surface area contributed by atoms with E-state index in [1.807, 2.05) is 0 Å². The Bertz CT molecular complexity index is 790. The number of ether oxygens (including phenoxy) is 2. The second-order valence-electron chi connectivity index (χ2n) is 5.84. The third-order valence-corrected chi connectivity index (χ3v) is 3.81. The van der Waals surface area contributed by atoms with Crippen molar-refractivity contribution in [2.75, 3.05) is 13.2 Å². The number of hydrogen-bond acceptors (Lipinski definition) is 8. The van der Waals surface area contributed by atoms with Gasteiger partial charge in [0, 0.05) is 0 Å². The molecule has 0 aliphatic heterocycles. The number of aliphatic hydroxyl groups excluding tert-OH is 3. The molecule has 0 saturated heterocycles. The molecule has 2 rings (SSSR count). The maximum absolute atomic E-state index is 12.4. The summed E-state index contributed by atoms with van der Waals surface area (Å²) in [6.07, 6.45) is -5.47. The van der Waals surface area contributed by atoms with Crippen molar-refractivity contribution in [2.45, 2.75) is 18.3 Å². The van der Waals surface area contributed by atoms with Crippen LogP contribution in [0.4, 0.5) is 0 Å². The predicted octanol–water partition coefficient (Wildman–Crippen LogP) is 0.352. The number of esters is 2. The minimum absolute atomic E-state index is 0.118. The van der Waals surface area contributed by atoms with E-state index in [4.69, 9.17) is 14.6 Å². The van der Waals surface area contributed by atoms with Crippen molar-refractivity contribution >= 4 is 17.7 Å². The maximum Gasteiger partial charge on any atom is 0.338 e. The van der Waals surface area contributed by atoms with Gasteiger partial charge in [0.15, 0.2) is 12.7 Å². The van der Waals surface area contributed by atoms with Crippen molar-refractivity contribution in [3.8, 4) is 0 Å². The van der Waals surface area contributed by atoms with E-state index in [9.17, 15) is 24.6 Å². The SMILES string of the molecule is O=C(OCC(=O)[C@H](OC(=O)c1ccccc1)[C@@H](O)[C@H](O)CO)c1ccccc1. The maximum atomic E-state index is 12.4. The third kappa shape index (κ3) is 5.71. The monoisotopic (exact) mass is 388 g/mol. The van der Waals surface area contributed by atoms with E-state index >= 15 is 0 Å². The van der Waals surface area contributed by atoms with Crippen LogP contribution in [0.25, 0.3) is 0 Å². The number of rotatable bonds is 9. The first-order valence-corrected chi connectivity index (χ1v) is 8.42. The van der Waals surface area contributed by atoms with Gasteiger partial charge in [0.2, 0.25) is 5.78 Å². The van der Waals surface area contributed by atoms with Gasteiger partial charge in [-0.25, -0.2) is 9.59 Å². The second-order valence-corrected chi connectivity index (χ2v) is 5.84. The number of aliphatic hydroxyl groups is 3. The number of benzene rings is 2. The summed E-state index contributed by atoms with van der Waals surface area (Å²) in [5.41, 5.74) is 0.330. The minimum Gasteiger partial charge on any atom is -0.454 e. The smallest absolute Gasteiger partial charge is 0.338 e. The highest BCUT2D eigenvalue weighted by atomic mass is 16.6. The van der Waals surface area contributed by atoms with Crippen molar-refractivity contribution in [3.05, 3.63) is 71.8 Å². The van der Waals surface area contributed by atoms with Gasteiger partial charge in [0.05, 0.1) is 17.7 Å². The molecular weight excluding hydrogens is 368 g/mol. The second kappa shape index (κ2) is 10.3. The molecule has 2 aromatic rings. The largest absolute Gasteiger partial charge is 0.454 e. The van der Waals surface area contributed by atoms with Crippen molar-refractivity contribution in [1.82, 2.24) is 0 Å². The van der Waals surface area contributed by atoms with Crippen LogP contribution in [0.3, 0.4) is 0 Å². The lowest BCUT2D eigenvalue weighted by atomic mass is 10.0. The average molecular weight is 388 g/mol. The Balaban J connectivity index is 2.08. The normalized spacial score (nSPS) is 13.8. The van der Waals surface area contributed by atoms with E-state index in [-0.39, 0.29) is 11.1 Å². The quantitative estimate of drug-likeness (QED) is 0.525. The predicted molar refractivity (Wildman–Crippen MR) is 96.5 cm³/mol. The zero-order valence-electron chi connectivity index (χ0n) is 14.8. The number of hydrogen-bond donors (Lipinski definition) is 3. The summed E-state index contributed by atoms with van der Waals surface area (Å²) in [6.45, 7) is -1.66. The summed E-state index contributed by atoms with van der Waals surface area (Å²) in [5.74, 6) is -2.65. The Morgan fingerprint density at radius 2 is 1.32 bits per heavy atom. The third-order valence-electron chi connectivity index (χ3n) is 3.81. The molecule has 0 bridgehead atoms. The summed E-state index contributed by atoms with van der Waals surface area (Å²) in [4.78, 5) is 36.5. The lowest BCUT2D eigenvalue weighted by Gasteiger charge is -2.24. The Morgan fingerprint density at radius 1 is 0.821 bits per heavy atom. The van der Waals surface area contributed by atoms with Crippen LogP contribution in [0.1, 0.15) is 20.7 Å². The van der Waals surface area contributed by atoms with Crippen LogP contribution in [0, 0.1) is 0 Å². The van der Waals surface area contributed by atoms with E-state index in [0.29, 0.717) is 0 Å². The van der Waals surface area contributed by atoms with Crippen molar-refractivity contribution in [3.63, 3.8) is 0 Å². The first kappa shape index (κ1) is 21.2. The van der Waals surface area contributed by atoms with E-state index in [2.05, 4.69) is 0 Å². The van der Waals surface area contributed by atoms with Gasteiger partial charge in [-0.2, -0.15) is 0 Å². The highest BCUT2D eigenvalue weighted by Gasteiger charge is 2.36. The molecule has 0 aromatic heterocycles. The van der Waals surface area contributed by atoms with Crippen LogP contribution in [0.5, 0.6) is 0 Å². The van der Waals surface area contributed by atoms with Crippen molar-refractivity contribution in [2.24, 2.45) is 0 Å². The first-order chi connectivity index (χ1) is 13.4. The lowest BCUT2D eigenvalue weighted by Crippen LogP contribution is -2.47. The van der Waals surface area contributed by atoms with Crippen LogP contribution >= 0.6 is 0 Å². The molecular formula is C20H20O8. The van der Waals surface area contributed by atoms with Gasteiger partial charge in [-0.1, -0.05) is 36.4 Å². The van der Waals surface area contributed by atoms with Crippen LogP contribution in [0.15, 0.2) is 60.7 Å². The lowest BCUT2D eigenvalue weighted by molar-refractivity contribution is -0.144. The fourth-order valence-corrected chi connectivity index (χ4v) is 2.27. The highest BCUT2D eigenvalue weighted by molar-refractivity contribution is 5.95. The highest BCUT2D eigenvalue weighted by Crippen LogP contribution is 2.12. The van der Waals surface area contributed by atoms with Crippen LogP contribution < -0.4 is 0 Å². The van der Waals surface area contributed by atoms with E-state index in [1.54, 1.807) is 36.4 Å². The van der Waals surface area contributed by atoms with Gasteiger partial charge in [-0.05, 0) is 24.3 Å². The molecule has 8 nitrogen and oxygen atoms in total. The molecule has 0 saturated carbocycles. The molecule has 0 spiro atoms. The summed E-state index contributed by atoms with van der Waals surface area (Å²) in [7, 11) is 0. The Hall–Kier alpha value is -3.07. The average Bonchev–Trinajstić information content (AvgIpc) is 2.75. The van der Waals surface area contributed by atoms with E-state index in [0.717, 1.165) is 0 Å². The van der Waals surface area contributed by atoms with Gasteiger partial charge in [-0.3, -0.25) is 4.79 Å². The molecule has 148 valence electrons. The van der Waals surface area contributed by atoms with Crippen molar-refractivity contribution in [1.29, 1.82) is 0 Å². The molecule has 3 N–H and O–H groups in total. The van der Waals surface area contributed by atoms with Gasteiger partial charge < -0.3 is 24.8 Å². The molecule has 0 aliphatic carbocycles. The van der Waals surface area contributed by atoms with E-state index in [1.165, 1.54) is 24.3 Å². The Morgan fingerprint density at radius 3 is 1.82 bits per heavy atom. The van der Waals surface area contributed by atoms with Gasteiger partial charge in [0.25, 0.3) is 0 Å². The van der Waals surface area contributed by atoms with Gasteiger partial charge >= 0.3 is 11.9 Å². The first-order valence-electron chi connectivity index (χ1n) is 8.42. The van der Waals surface area contributed by atoms with E-state index < -0.39 is 49.2 Å². The minimum atomic E-state index is -1.90. The molecule has 28 heavy (non-hydrogen) atoms. The molecule has 8 heteroatoms. The molecule has 0 heterocycles. The van der Waals surface area contributed by atoms with Gasteiger partial charge in [-0.15, -0.1) is 0 Å². The zero-order valence-corrected chi connectivity index (χ0v) is 14.8. The molecule has 0 unspecified atom stereocenters. The number of Topliss-reactive ketones (excluding diaryl/α,β-unsaturated/α-hetero) is 1. The van der Waals surface area contributed by atoms with Crippen molar-refractivity contribution < 1.29 is 39.2 Å². The van der Waals surface area contributed by atoms with Crippen LogP contribution in [-0.2, 0) is 14.3 Å².